The molecule has 7 heteroatoms. The highest BCUT2D eigenvalue weighted by molar-refractivity contribution is 7.89. The predicted molar refractivity (Wildman–Crippen MR) is 80.8 cm³/mol. The van der Waals surface area contributed by atoms with Crippen LogP contribution in [0.2, 0.25) is 5.02 Å². The summed E-state index contributed by atoms with van der Waals surface area (Å²) in [7, 11) is -3.57. The van der Waals surface area contributed by atoms with E-state index in [1.165, 1.54) is 15.6 Å². The molecular formula is C13H14ClNO3S2. The molecule has 1 aliphatic rings. The Morgan fingerprint density at radius 3 is 3.00 bits per heavy atom. The number of aliphatic hydroxyl groups excluding tert-OH is 1. The second-order valence-electron chi connectivity index (χ2n) is 4.83. The Morgan fingerprint density at radius 2 is 2.25 bits per heavy atom. The molecule has 1 aromatic carbocycles. The minimum Gasteiger partial charge on any atom is -0.395 e. The molecule has 1 aliphatic heterocycles. The molecule has 1 aromatic heterocycles. The molecule has 20 heavy (non-hydrogen) atoms. The molecule has 2 aromatic rings. The number of rotatable bonds is 3. The van der Waals surface area contributed by atoms with Gasteiger partial charge in [-0.3, -0.25) is 0 Å². The monoisotopic (exact) mass is 331 g/mol. The van der Waals surface area contributed by atoms with E-state index < -0.39 is 10.0 Å². The number of nitrogens with zero attached hydrogens (tertiary/aromatic N) is 1. The van der Waals surface area contributed by atoms with Gasteiger partial charge >= 0.3 is 0 Å². The number of thiophene rings is 1. The number of hydrogen-bond acceptors (Lipinski definition) is 4. The molecule has 4 nitrogen and oxygen atoms in total. The van der Waals surface area contributed by atoms with E-state index in [4.69, 9.17) is 11.6 Å². The summed E-state index contributed by atoms with van der Waals surface area (Å²) in [6, 6.07) is 4.96. The molecule has 0 unspecified atom stereocenters. The number of fused-ring (bicyclic) bond motifs is 1. The van der Waals surface area contributed by atoms with E-state index in [9.17, 15) is 13.5 Å². The summed E-state index contributed by atoms with van der Waals surface area (Å²) in [4.78, 5) is 0.292. The van der Waals surface area contributed by atoms with Crippen LogP contribution in [0.5, 0.6) is 0 Å². The zero-order chi connectivity index (χ0) is 14.3. The normalized spacial score (nSPS) is 20.8. The average molecular weight is 332 g/mol. The van der Waals surface area contributed by atoms with Crippen molar-refractivity contribution in [2.75, 3.05) is 13.2 Å². The first-order valence-corrected chi connectivity index (χ1v) is 9.03. The van der Waals surface area contributed by atoms with E-state index in [2.05, 4.69) is 0 Å². The van der Waals surface area contributed by atoms with Crippen LogP contribution in [0.25, 0.3) is 10.1 Å². The van der Waals surface area contributed by atoms with Crippen molar-refractivity contribution in [2.24, 2.45) is 0 Å². The van der Waals surface area contributed by atoms with Crippen molar-refractivity contribution >= 4 is 43.0 Å². The third-order valence-electron chi connectivity index (χ3n) is 3.62. The van der Waals surface area contributed by atoms with Crippen LogP contribution in [0, 0.1) is 0 Å². The lowest BCUT2D eigenvalue weighted by atomic mass is 10.2. The van der Waals surface area contributed by atoms with Gasteiger partial charge in [0.05, 0.1) is 6.61 Å². The largest absolute Gasteiger partial charge is 0.395 e. The highest BCUT2D eigenvalue weighted by Gasteiger charge is 2.36. The molecule has 0 amide bonds. The lowest BCUT2D eigenvalue weighted by Crippen LogP contribution is -2.37. The van der Waals surface area contributed by atoms with Gasteiger partial charge < -0.3 is 5.11 Å². The van der Waals surface area contributed by atoms with Gasteiger partial charge in [0.15, 0.2) is 0 Å². The Kier molecular flexibility index (Phi) is 3.77. The van der Waals surface area contributed by atoms with Gasteiger partial charge in [-0.05, 0) is 31.0 Å². The molecule has 1 saturated heterocycles. The van der Waals surface area contributed by atoms with Crippen molar-refractivity contribution in [3.05, 3.63) is 28.6 Å². The fourth-order valence-corrected chi connectivity index (χ4v) is 5.92. The molecule has 0 spiro atoms. The maximum atomic E-state index is 12.8. The fraction of sp³-hybridized carbons (Fsp3) is 0.385. The van der Waals surface area contributed by atoms with Gasteiger partial charge in [-0.2, -0.15) is 4.31 Å². The summed E-state index contributed by atoms with van der Waals surface area (Å²) < 4.78 is 27.8. The van der Waals surface area contributed by atoms with Crippen LogP contribution >= 0.6 is 22.9 Å². The number of aliphatic hydroxyl groups is 1. The van der Waals surface area contributed by atoms with Gasteiger partial charge in [-0.15, -0.1) is 11.3 Å². The molecular weight excluding hydrogens is 318 g/mol. The molecule has 3 rings (SSSR count). The first-order chi connectivity index (χ1) is 9.54. The lowest BCUT2D eigenvalue weighted by Gasteiger charge is -2.22. The molecule has 108 valence electrons. The van der Waals surface area contributed by atoms with Gasteiger partial charge in [0.25, 0.3) is 0 Å². The number of benzene rings is 1. The van der Waals surface area contributed by atoms with Crippen molar-refractivity contribution in [3.8, 4) is 0 Å². The fourth-order valence-electron chi connectivity index (χ4n) is 2.61. The van der Waals surface area contributed by atoms with Crippen molar-refractivity contribution in [1.82, 2.24) is 4.31 Å². The van der Waals surface area contributed by atoms with Crippen LogP contribution in [0.15, 0.2) is 28.5 Å². The van der Waals surface area contributed by atoms with E-state index in [-0.39, 0.29) is 12.6 Å². The second kappa shape index (κ2) is 5.27. The van der Waals surface area contributed by atoms with Gasteiger partial charge in [0.1, 0.15) is 4.90 Å². The van der Waals surface area contributed by atoms with E-state index in [0.717, 1.165) is 11.1 Å². The molecule has 1 atom stereocenters. The van der Waals surface area contributed by atoms with Gasteiger partial charge in [-0.1, -0.05) is 11.6 Å². The molecule has 0 aliphatic carbocycles. The predicted octanol–water partition coefficient (Wildman–Crippen LogP) is 2.70. The SMILES string of the molecule is O=S(=O)(c1csc2ccc(Cl)cc12)N1CCC[C@@H]1CO. The Balaban J connectivity index is 2.12. The quantitative estimate of drug-likeness (QED) is 0.940. The summed E-state index contributed by atoms with van der Waals surface area (Å²) in [5.41, 5.74) is 0. The maximum Gasteiger partial charge on any atom is 0.244 e. The highest BCUT2D eigenvalue weighted by Crippen LogP contribution is 2.35. The molecule has 1 fully saturated rings. The first-order valence-electron chi connectivity index (χ1n) is 6.33. The van der Waals surface area contributed by atoms with Crippen LogP contribution < -0.4 is 0 Å². The molecule has 0 saturated carbocycles. The molecule has 1 N–H and O–H groups in total. The molecule has 0 radical (unpaired) electrons. The van der Waals surface area contributed by atoms with Gasteiger partial charge in [0.2, 0.25) is 10.0 Å². The smallest absolute Gasteiger partial charge is 0.244 e. The standard InChI is InChI=1S/C13H14ClNO3S2/c14-9-3-4-12-11(6-9)13(8-19-12)20(17,18)15-5-1-2-10(15)7-16/h3-4,6,8,10,16H,1-2,5,7H2/t10-/m1/s1. The third-order valence-corrected chi connectivity index (χ3v) is 6.96. The van der Waals surface area contributed by atoms with Gasteiger partial charge in [-0.25, -0.2) is 8.42 Å². The minimum absolute atomic E-state index is 0.137. The van der Waals surface area contributed by atoms with Crippen LogP contribution in [0.1, 0.15) is 12.8 Å². The highest BCUT2D eigenvalue weighted by atomic mass is 35.5. The van der Waals surface area contributed by atoms with Crippen LogP contribution in [0.3, 0.4) is 0 Å². The Morgan fingerprint density at radius 1 is 1.45 bits per heavy atom. The van der Waals surface area contributed by atoms with E-state index in [1.807, 2.05) is 6.07 Å². The van der Waals surface area contributed by atoms with Crippen molar-refractivity contribution in [1.29, 1.82) is 0 Å². The van der Waals surface area contributed by atoms with Gasteiger partial charge in [0, 0.05) is 33.1 Å². The number of halogens is 1. The maximum absolute atomic E-state index is 12.8. The van der Waals surface area contributed by atoms with Crippen LogP contribution in [-0.2, 0) is 10.0 Å². The Labute approximate surface area is 126 Å². The van der Waals surface area contributed by atoms with Crippen molar-refractivity contribution in [3.63, 3.8) is 0 Å². The number of sulfonamides is 1. The van der Waals surface area contributed by atoms with Crippen molar-refractivity contribution in [2.45, 2.75) is 23.8 Å². The van der Waals surface area contributed by atoms with Crippen LogP contribution in [0.4, 0.5) is 0 Å². The summed E-state index contributed by atoms with van der Waals surface area (Å²) in [5, 5.41) is 12.2. The summed E-state index contributed by atoms with van der Waals surface area (Å²) >= 11 is 7.36. The minimum atomic E-state index is -3.57. The second-order valence-corrected chi connectivity index (χ2v) is 8.04. The lowest BCUT2D eigenvalue weighted by molar-refractivity contribution is 0.213. The van der Waals surface area contributed by atoms with E-state index in [1.54, 1.807) is 17.5 Å². The molecule has 2 heterocycles. The van der Waals surface area contributed by atoms with Crippen molar-refractivity contribution < 1.29 is 13.5 Å². The van der Waals surface area contributed by atoms with E-state index >= 15 is 0 Å². The number of hydrogen-bond donors (Lipinski definition) is 1. The Hall–Kier alpha value is -0.660. The summed E-state index contributed by atoms with van der Waals surface area (Å²) in [6.45, 7) is 0.327. The topological polar surface area (TPSA) is 57.6 Å². The zero-order valence-corrected chi connectivity index (χ0v) is 13.0. The molecule has 0 bridgehead atoms. The third kappa shape index (κ3) is 2.25. The van der Waals surface area contributed by atoms with E-state index in [0.29, 0.717) is 28.3 Å². The summed E-state index contributed by atoms with van der Waals surface area (Å²) in [6.07, 6.45) is 1.49. The van der Waals surface area contributed by atoms with Crippen LogP contribution in [-0.4, -0.2) is 37.0 Å². The zero-order valence-electron chi connectivity index (χ0n) is 10.6. The average Bonchev–Trinajstić information content (AvgIpc) is 3.04. The Bertz CT molecular complexity index is 741. The summed E-state index contributed by atoms with van der Waals surface area (Å²) in [5.74, 6) is 0. The first kappa shape index (κ1) is 14.3.